The number of aromatic nitrogens is 2. The number of nitro benzene ring substituents is 1. The molecule has 1 atom stereocenters. The van der Waals surface area contributed by atoms with Crippen LogP contribution in [0, 0.1) is 24.0 Å². The first-order chi connectivity index (χ1) is 14.1. The van der Waals surface area contributed by atoms with Crippen molar-refractivity contribution in [3.8, 4) is 5.69 Å². The van der Waals surface area contributed by atoms with Gasteiger partial charge in [-0.15, -0.1) is 0 Å². The number of hydrogen-bond donors (Lipinski definition) is 0. The fourth-order valence-electron chi connectivity index (χ4n) is 2.73. The highest BCUT2D eigenvalue weighted by atomic mass is 35.5. The highest BCUT2D eigenvalue weighted by Gasteiger charge is 2.24. The number of nitrogens with zero attached hydrogens (tertiary/aromatic N) is 4. The minimum atomic E-state index is -2.90. The molecule has 0 radical (unpaired) electrons. The summed E-state index contributed by atoms with van der Waals surface area (Å²) in [6, 6.07) is 8.68. The smallest absolute Gasteiger partial charge is 0.290 e. The van der Waals surface area contributed by atoms with Crippen LogP contribution in [0.15, 0.2) is 42.6 Å². The fraction of sp³-hybridized carbons (Fsp3) is 0.111. The van der Waals surface area contributed by atoms with Gasteiger partial charge in [0.05, 0.1) is 32.6 Å². The van der Waals surface area contributed by atoms with Crippen LogP contribution in [0.5, 0.6) is 0 Å². The number of imidazole rings is 1. The molecule has 0 N–H and O–H groups in total. The number of carbonyl (C=O) groups excluding carboxylic acids is 1. The number of rotatable bonds is 5. The molecule has 3 aromatic rings. The van der Waals surface area contributed by atoms with E-state index in [1.807, 2.05) is 6.92 Å². The highest BCUT2D eigenvalue weighted by molar-refractivity contribution is 7.81. The van der Waals surface area contributed by atoms with Crippen molar-refractivity contribution in [2.24, 2.45) is 0 Å². The summed E-state index contributed by atoms with van der Waals surface area (Å²) < 4.78 is 25.4. The van der Waals surface area contributed by atoms with E-state index in [1.54, 1.807) is 12.1 Å². The van der Waals surface area contributed by atoms with Gasteiger partial charge in [-0.2, -0.15) is 0 Å². The molecule has 0 saturated heterocycles. The third kappa shape index (κ3) is 4.21. The Bertz CT molecular complexity index is 1180. The number of hydrogen-bond acceptors (Lipinski definition) is 6. The van der Waals surface area contributed by atoms with Crippen LogP contribution in [0.3, 0.4) is 0 Å². The van der Waals surface area contributed by atoms with Crippen molar-refractivity contribution < 1.29 is 18.5 Å². The molecule has 0 spiro atoms. The number of aryl methyl sites for hydroxylation is 2. The molecule has 9 nitrogen and oxygen atoms in total. The van der Waals surface area contributed by atoms with Crippen LogP contribution in [0.4, 0.5) is 11.4 Å². The minimum Gasteiger partial charge on any atom is -0.755 e. The SMILES string of the molecule is Cc1ccc(N(C(=O)c2cn(-c3cc([N+](=O)[O-])c(Cl)cc3Cl)c(C)n2)S(=O)[O-])cc1. The molecular formula is C18H13Cl2N4O5S-. The summed E-state index contributed by atoms with van der Waals surface area (Å²) in [4.78, 5) is 27.5. The summed E-state index contributed by atoms with van der Waals surface area (Å²) in [7, 11) is 0. The second-order valence-corrected chi connectivity index (χ2v) is 7.82. The van der Waals surface area contributed by atoms with E-state index in [9.17, 15) is 23.7 Å². The highest BCUT2D eigenvalue weighted by Crippen LogP contribution is 2.33. The number of amides is 1. The quantitative estimate of drug-likeness (QED) is 0.315. The molecule has 12 heteroatoms. The van der Waals surface area contributed by atoms with Crippen molar-refractivity contribution in [3.63, 3.8) is 0 Å². The Kier molecular flexibility index (Phi) is 6.22. The Balaban J connectivity index is 2.06. The molecule has 1 unspecified atom stereocenters. The van der Waals surface area contributed by atoms with E-state index < -0.39 is 22.1 Å². The minimum absolute atomic E-state index is 0.0906. The van der Waals surface area contributed by atoms with Gasteiger partial charge in [-0.05, 0) is 32.0 Å². The molecule has 1 heterocycles. The number of nitro groups is 1. The lowest BCUT2D eigenvalue weighted by Gasteiger charge is -2.23. The Morgan fingerprint density at radius 1 is 1.17 bits per heavy atom. The van der Waals surface area contributed by atoms with E-state index in [0.29, 0.717) is 4.31 Å². The second kappa shape index (κ2) is 8.52. The zero-order valence-electron chi connectivity index (χ0n) is 15.5. The lowest BCUT2D eigenvalue weighted by molar-refractivity contribution is -0.384. The maximum atomic E-state index is 12.9. The van der Waals surface area contributed by atoms with Gasteiger partial charge in [0, 0.05) is 12.3 Å². The number of halogens is 2. The molecule has 3 rings (SSSR count). The molecule has 0 aliphatic heterocycles. The van der Waals surface area contributed by atoms with Crippen LogP contribution >= 0.6 is 23.2 Å². The van der Waals surface area contributed by atoms with Gasteiger partial charge in [0.2, 0.25) is 0 Å². The number of carbonyl (C=O) groups is 1. The van der Waals surface area contributed by atoms with E-state index in [4.69, 9.17) is 23.2 Å². The van der Waals surface area contributed by atoms with Gasteiger partial charge in [-0.1, -0.05) is 40.9 Å². The summed E-state index contributed by atoms with van der Waals surface area (Å²) in [5, 5.41) is 11.1. The van der Waals surface area contributed by atoms with Crippen molar-refractivity contribution >= 4 is 51.8 Å². The maximum Gasteiger partial charge on any atom is 0.290 e. The van der Waals surface area contributed by atoms with E-state index in [1.165, 1.54) is 35.9 Å². The number of anilines is 1. The van der Waals surface area contributed by atoms with Crippen LogP contribution in [0.25, 0.3) is 5.69 Å². The van der Waals surface area contributed by atoms with E-state index >= 15 is 0 Å². The normalized spacial score (nSPS) is 11.9. The van der Waals surface area contributed by atoms with Gasteiger partial charge in [0.25, 0.3) is 11.6 Å². The summed E-state index contributed by atoms with van der Waals surface area (Å²) in [6.07, 6.45) is 1.25. The van der Waals surface area contributed by atoms with Crippen molar-refractivity contribution in [2.75, 3.05) is 4.31 Å². The van der Waals surface area contributed by atoms with Gasteiger partial charge in [-0.25, -0.2) is 9.29 Å². The molecule has 1 aromatic heterocycles. The Hall–Kier alpha value is -2.79. The van der Waals surface area contributed by atoms with Gasteiger partial charge in [0.1, 0.15) is 16.5 Å². The predicted molar refractivity (Wildman–Crippen MR) is 112 cm³/mol. The van der Waals surface area contributed by atoms with Crippen molar-refractivity contribution in [2.45, 2.75) is 13.8 Å². The first-order valence-corrected chi connectivity index (χ1v) is 10.1. The fourth-order valence-corrected chi connectivity index (χ4v) is 3.79. The zero-order chi connectivity index (χ0) is 22.2. The summed E-state index contributed by atoms with van der Waals surface area (Å²) in [5.74, 6) is -0.633. The molecule has 1 amide bonds. The first-order valence-electron chi connectivity index (χ1n) is 8.30. The van der Waals surface area contributed by atoms with Gasteiger partial charge in [0.15, 0.2) is 0 Å². The monoisotopic (exact) mass is 467 g/mol. The number of benzene rings is 2. The largest absolute Gasteiger partial charge is 0.755 e. The third-order valence-electron chi connectivity index (χ3n) is 4.18. The summed E-state index contributed by atoms with van der Waals surface area (Å²) >= 11 is 9.13. The Morgan fingerprint density at radius 3 is 2.37 bits per heavy atom. The van der Waals surface area contributed by atoms with E-state index in [0.717, 1.165) is 11.6 Å². The lowest BCUT2D eigenvalue weighted by atomic mass is 10.2. The van der Waals surface area contributed by atoms with Crippen LogP contribution in [-0.2, 0) is 11.3 Å². The van der Waals surface area contributed by atoms with Crippen molar-refractivity contribution in [1.82, 2.24) is 9.55 Å². The van der Waals surface area contributed by atoms with E-state index in [-0.39, 0.29) is 38.6 Å². The molecule has 0 fully saturated rings. The topological polar surface area (TPSA) is 121 Å². The Morgan fingerprint density at radius 2 is 1.80 bits per heavy atom. The molecule has 0 aliphatic rings. The molecule has 0 saturated carbocycles. The average molecular weight is 468 g/mol. The van der Waals surface area contributed by atoms with Gasteiger partial charge >= 0.3 is 0 Å². The van der Waals surface area contributed by atoms with Crippen LogP contribution in [0.2, 0.25) is 10.0 Å². The first kappa shape index (κ1) is 21.9. The van der Waals surface area contributed by atoms with Crippen LogP contribution in [-0.4, -0.2) is 29.1 Å². The maximum absolute atomic E-state index is 12.9. The molecule has 2 aromatic carbocycles. The van der Waals surface area contributed by atoms with Crippen LogP contribution in [0.1, 0.15) is 21.9 Å². The standard InChI is InChI=1S/C18H14Cl2N4O5S/c1-10-3-5-12(6-4-10)23(30(28)29)18(25)15-9-22(11(2)21-15)16-8-17(24(26)27)14(20)7-13(16)19/h3-9H,1-2H3,(H,28,29)/p-1. The average Bonchev–Trinajstić information content (AvgIpc) is 3.04. The molecule has 0 bridgehead atoms. The Labute approximate surface area is 183 Å². The summed E-state index contributed by atoms with van der Waals surface area (Å²) in [6.45, 7) is 3.36. The molecule has 30 heavy (non-hydrogen) atoms. The summed E-state index contributed by atoms with van der Waals surface area (Å²) in [5.41, 5.74) is 0.639. The predicted octanol–water partition coefficient (Wildman–Crippen LogP) is 4.15. The second-order valence-electron chi connectivity index (χ2n) is 6.21. The van der Waals surface area contributed by atoms with Crippen molar-refractivity contribution in [1.29, 1.82) is 0 Å². The molecule has 0 aliphatic carbocycles. The van der Waals surface area contributed by atoms with E-state index in [2.05, 4.69) is 4.98 Å². The van der Waals surface area contributed by atoms with Crippen molar-refractivity contribution in [3.05, 3.63) is 79.8 Å². The zero-order valence-corrected chi connectivity index (χ0v) is 17.9. The third-order valence-corrected chi connectivity index (χ3v) is 5.46. The molecular weight excluding hydrogens is 455 g/mol. The van der Waals surface area contributed by atoms with Gasteiger partial charge < -0.3 is 9.12 Å². The van der Waals surface area contributed by atoms with Crippen LogP contribution < -0.4 is 4.31 Å². The molecule has 156 valence electrons. The lowest BCUT2D eigenvalue weighted by Crippen LogP contribution is -2.32. The van der Waals surface area contributed by atoms with Gasteiger partial charge in [-0.3, -0.25) is 19.1 Å².